The Balaban J connectivity index is 2.29. The summed E-state index contributed by atoms with van der Waals surface area (Å²) < 4.78 is 11.2. The molecule has 2 aromatic carbocycles. The second kappa shape index (κ2) is 8.32. The van der Waals surface area contributed by atoms with E-state index in [9.17, 15) is 4.79 Å². The summed E-state index contributed by atoms with van der Waals surface area (Å²) in [5.41, 5.74) is 1.45. The zero-order valence-corrected chi connectivity index (χ0v) is 15.6. The van der Waals surface area contributed by atoms with Crippen molar-refractivity contribution in [2.75, 3.05) is 12.4 Å². The van der Waals surface area contributed by atoms with Crippen LogP contribution in [0.4, 0.5) is 5.69 Å². The average molecular weight is 384 g/mol. The Kier molecular flexibility index (Phi) is 6.39. The van der Waals surface area contributed by atoms with Gasteiger partial charge in [-0.25, -0.2) is 4.79 Å². The fourth-order valence-corrected chi connectivity index (χ4v) is 2.70. The van der Waals surface area contributed by atoms with Crippen molar-refractivity contribution in [2.24, 2.45) is 0 Å². The van der Waals surface area contributed by atoms with Gasteiger partial charge in [-0.15, -0.1) is 0 Å². The van der Waals surface area contributed by atoms with Crippen LogP contribution in [0.2, 0.25) is 10.0 Å². The van der Waals surface area contributed by atoms with Crippen molar-refractivity contribution in [1.82, 2.24) is 0 Å². The molecule has 2 aromatic rings. The second-order valence-corrected chi connectivity index (χ2v) is 6.46. The smallest absolute Gasteiger partial charge is 0.337 e. The van der Waals surface area contributed by atoms with Gasteiger partial charge in [0.25, 0.3) is 0 Å². The van der Waals surface area contributed by atoms with Crippen LogP contribution in [0.1, 0.15) is 29.8 Å². The third-order valence-electron chi connectivity index (χ3n) is 3.35. The number of carboxylic acids is 1. The van der Waals surface area contributed by atoms with Gasteiger partial charge >= 0.3 is 5.97 Å². The highest BCUT2D eigenvalue weighted by atomic mass is 35.5. The van der Waals surface area contributed by atoms with E-state index >= 15 is 0 Å². The zero-order chi connectivity index (χ0) is 18.6. The van der Waals surface area contributed by atoms with Crippen molar-refractivity contribution >= 4 is 34.9 Å². The first-order chi connectivity index (χ1) is 11.8. The fourth-order valence-electron chi connectivity index (χ4n) is 2.27. The Morgan fingerprint density at radius 2 is 1.96 bits per heavy atom. The van der Waals surface area contributed by atoms with Crippen LogP contribution < -0.4 is 14.8 Å². The molecular formula is C18H19Cl2NO4. The quantitative estimate of drug-likeness (QED) is 0.695. The minimum Gasteiger partial charge on any atom is -0.493 e. The predicted octanol–water partition coefficient (Wildman–Crippen LogP) is 5.10. The van der Waals surface area contributed by atoms with E-state index < -0.39 is 5.97 Å². The largest absolute Gasteiger partial charge is 0.493 e. The van der Waals surface area contributed by atoms with E-state index in [2.05, 4.69) is 5.32 Å². The Morgan fingerprint density at radius 1 is 1.24 bits per heavy atom. The molecule has 0 radical (unpaired) electrons. The van der Waals surface area contributed by atoms with E-state index in [0.29, 0.717) is 28.8 Å². The van der Waals surface area contributed by atoms with Gasteiger partial charge in [-0.2, -0.15) is 0 Å². The van der Waals surface area contributed by atoms with Gasteiger partial charge in [0.1, 0.15) is 0 Å². The molecular weight excluding hydrogens is 365 g/mol. The first kappa shape index (κ1) is 19.2. The van der Waals surface area contributed by atoms with Gasteiger partial charge in [0, 0.05) is 28.9 Å². The second-order valence-electron chi connectivity index (χ2n) is 5.62. The standard InChI is InChI=1S/C18H19Cl2NO4/c1-10(2)25-17-11(6-12(19)7-16(17)24-3)9-21-13-4-5-15(20)14(8-13)18(22)23/h4-8,10,21H,9H2,1-3H3,(H,22,23). The predicted molar refractivity (Wildman–Crippen MR) is 99.5 cm³/mol. The summed E-state index contributed by atoms with van der Waals surface area (Å²) >= 11 is 12.0. The van der Waals surface area contributed by atoms with Crippen LogP contribution in [-0.4, -0.2) is 24.3 Å². The van der Waals surface area contributed by atoms with Gasteiger partial charge in [0.2, 0.25) is 0 Å². The summed E-state index contributed by atoms with van der Waals surface area (Å²) in [6.07, 6.45) is -0.0389. The van der Waals surface area contributed by atoms with Gasteiger partial charge in [0.05, 0.1) is 23.8 Å². The highest BCUT2D eigenvalue weighted by Crippen LogP contribution is 2.36. The van der Waals surface area contributed by atoms with Gasteiger partial charge in [-0.1, -0.05) is 23.2 Å². The number of anilines is 1. The van der Waals surface area contributed by atoms with Crippen LogP contribution in [0.5, 0.6) is 11.5 Å². The van der Waals surface area contributed by atoms with Gasteiger partial charge in [-0.3, -0.25) is 0 Å². The lowest BCUT2D eigenvalue weighted by atomic mass is 10.1. The molecule has 25 heavy (non-hydrogen) atoms. The minimum absolute atomic E-state index is 0.0361. The van der Waals surface area contributed by atoms with E-state index in [4.69, 9.17) is 37.8 Å². The highest BCUT2D eigenvalue weighted by Gasteiger charge is 2.15. The zero-order valence-electron chi connectivity index (χ0n) is 14.1. The Labute approximate surface area is 156 Å². The maximum atomic E-state index is 11.2. The van der Waals surface area contributed by atoms with E-state index in [1.165, 1.54) is 12.1 Å². The van der Waals surface area contributed by atoms with E-state index in [0.717, 1.165) is 5.56 Å². The summed E-state index contributed by atoms with van der Waals surface area (Å²) in [4.78, 5) is 11.2. The molecule has 0 aliphatic heterocycles. The molecule has 0 atom stereocenters. The molecule has 0 heterocycles. The SMILES string of the molecule is COc1cc(Cl)cc(CNc2ccc(Cl)c(C(=O)O)c2)c1OC(C)C. The van der Waals surface area contributed by atoms with Crippen molar-refractivity contribution in [3.05, 3.63) is 51.5 Å². The number of carboxylic acid groups (broad SMARTS) is 1. The van der Waals surface area contributed by atoms with Crippen LogP contribution in [0.15, 0.2) is 30.3 Å². The third kappa shape index (κ3) is 4.94. The van der Waals surface area contributed by atoms with Gasteiger partial charge in [-0.05, 0) is 38.1 Å². The minimum atomic E-state index is -1.08. The number of halogens is 2. The summed E-state index contributed by atoms with van der Waals surface area (Å²) in [7, 11) is 1.55. The van der Waals surface area contributed by atoms with Crippen LogP contribution in [-0.2, 0) is 6.54 Å². The summed E-state index contributed by atoms with van der Waals surface area (Å²) in [6.45, 7) is 4.22. The number of methoxy groups -OCH3 is 1. The van der Waals surface area contributed by atoms with Crippen LogP contribution in [0.25, 0.3) is 0 Å². The lowest BCUT2D eigenvalue weighted by Crippen LogP contribution is -2.11. The van der Waals surface area contributed by atoms with Crippen molar-refractivity contribution in [2.45, 2.75) is 26.5 Å². The number of nitrogens with one attached hydrogen (secondary N) is 1. The molecule has 2 rings (SSSR count). The maximum Gasteiger partial charge on any atom is 0.337 e. The van der Waals surface area contributed by atoms with Crippen LogP contribution in [0.3, 0.4) is 0 Å². The van der Waals surface area contributed by atoms with Gasteiger partial charge in [0.15, 0.2) is 11.5 Å². The summed E-state index contributed by atoms with van der Waals surface area (Å²) in [5, 5.41) is 13.0. The molecule has 0 unspecified atom stereocenters. The third-order valence-corrected chi connectivity index (χ3v) is 3.90. The first-order valence-corrected chi connectivity index (χ1v) is 8.37. The lowest BCUT2D eigenvalue weighted by molar-refractivity contribution is 0.0697. The molecule has 2 N–H and O–H groups in total. The molecule has 0 aliphatic rings. The molecule has 0 saturated heterocycles. The maximum absolute atomic E-state index is 11.2. The fraction of sp³-hybridized carbons (Fsp3) is 0.278. The molecule has 0 spiro atoms. The number of ether oxygens (including phenoxy) is 2. The number of rotatable bonds is 7. The monoisotopic (exact) mass is 383 g/mol. The molecule has 5 nitrogen and oxygen atoms in total. The molecule has 0 saturated carbocycles. The number of hydrogen-bond acceptors (Lipinski definition) is 4. The van der Waals surface area contributed by atoms with Crippen molar-refractivity contribution in [1.29, 1.82) is 0 Å². The normalized spacial score (nSPS) is 10.6. The average Bonchev–Trinajstić information content (AvgIpc) is 2.55. The van der Waals surface area contributed by atoms with Crippen LogP contribution >= 0.6 is 23.2 Å². The Morgan fingerprint density at radius 3 is 2.56 bits per heavy atom. The van der Waals surface area contributed by atoms with E-state index in [1.54, 1.807) is 25.3 Å². The molecule has 0 bridgehead atoms. The Hall–Kier alpha value is -2.11. The number of hydrogen-bond donors (Lipinski definition) is 2. The molecule has 0 aromatic heterocycles. The summed E-state index contributed by atoms with van der Waals surface area (Å²) in [6, 6.07) is 8.20. The Bertz CT molecular complexity index is 778. The van der Waals surface area contributed by atoms with Crippen molar-refractivity contribution in [3.63, 3.8) is 0 Å². The molecule has 0 fully saturated rings. The highest BCUT2D eigenvalue weighted by molar-refractivity contribution is 6.33. The molecule has 134 valence electrons. The first-order valence-electron chi connectivity index (χ1n) is 7.61. The van der Waals surface area contributed by atoms with E-state index in [1.807, 2.05) is 13.8 Å². The molecule has 0 aliphatic carbocycles. The van der Waals surface area contributed by atoms with Gasteiger partial charge < -0.3 is 19.9 Å². The molecule has 7 heteroatoms. The topological polar surface area (TPSA) is 67.8 Å². The number of aromatic carboxylic acids is 1. The van der Waals surface area contributed by atoms with Crippen molar-refractivity contribution < 1.29 is 19.4 Å². The van der Waals surface area contributed by atoms with Crippen molar-refractivity contribution in [3.8, 4) is 11.5 Å². The lowest BCUT2D eigenvalue weighted by Gasteiger charge is -2.19. The van der Waals surface area contributed by atoms with E-state index in [-0.39, 0.29) is 16.7 Å². The number of carbonyl (C=O) groups is 1. The number of benzene rings is 2. The summed E-state index contributed by atoms with van der Waals surface area (Å²) in [5.74, 6) is 0.0593. The molecule has 0 amide bonds. The van der Waals surface area contributed by atoms with Crippen LogP contribution in [0, 0.1) is 0 Å².